The first-order valence-electron chi connectivity index (χ1n) is 5.85. The molecule has 2 aromatic heterocycles. The van der Waals surface area contributed by atoms with Crippen LogP contribution in [0.5, 0.6) is 0 Å². The molecule has 1 N–H and O–H groups in total. The molecule has 1 saturated heterocycles. The Kier molecular flexibility index (Phi) is 2.64. The summed E-state index contributed by atoms with van der Waals surface area (Å²) >= 11 is 0. The van der Waals surface area contributed by atoms with E-state index in [0.29, 0.717) is 24.3 Å². The summed E-state index contributed by atoms with van der Waals surface area (Å²) in [6, 6.07) is 0.404. The van der Waals surface area contributed by atoms with Crippen LogP contribution in [-0.4, -0.2) is 26.2 Å². The molecular weight excluding hydrogens is 218 g/mol. The van der Waals surface area contributed by atoms with Crippen molar-refractivity contribution < 1.29 is 4.52 Å². The second-order valence-electron chi connectivity index (χ2n) is 4.33. The number of imidazole rings is 1. The van der Waals surface area contributed by atoms with Crippen molar-refractivity contribution in [2.75, 3.05) is 6.54 Å². The monoisotopic (exact) mass is 233 g/mol. The van der Waals surface area contributed by atoms with Gasteiger partial charge in [-0.25, -0.2) is 4.98 Å². The second-order valence-corrected chi connectivity index (χ2v) is 4.33. The minimum absolute atomic E-state index is 0.404. The second kappa shape index (κ2) is 4.29. The van der Waals surface area contributed by atoms with E-state index in [1.807, 2.05) is 19.4 Å². The molecule has 0 aliphatic carbocycles. The van der Waals surface area contributed by atoms with Gasteiger partial charge in [0.1, 0.15) is 6.54 Å². The Hall–Kier alpha value is -1.69. The van der Waals surface area contributed by atoms with Crippen LogP contribution >= 0.6 is 0 Å². The lowest BCUT2D eigenvalue weighted by Gasteiger charge is -2.12. The van der Waals surface area contributed by atoms with Crippen LogP contribution in [0, 0.1) is 6.92 Å². The normalized spacial score (nSPS) is 19.9. The highest BCUT2D eigenvalue weighted by Crippen LogP contribution is 2.22. The van der Waals surface area contributed by atoms with E-state index in [1.165, 1.54) is 12.1 Å². The molecule has 2 aromatic rings. The van der Waals surface area contributed by atoms with Crippen molar-refractivity contribution in [2.45, 2.75) is 32.4 Å². The molecule has 1 aliphatic heterocycles. The van der Waals surface area contributed by atoms with Gasteiger partial charge in [-0.15, -0.1) is 0 Å². The minimum atomic E-state index is 0.404. The molecule has 0 spiro atoms. The first-order valence-corrected chi connectivity index (χ1v) is 5.85. The van der Waals surface area contributed by atoms with Crippen LogP contribution in [0.4, 0.5) is 0 Å². The third kappa shape index (κ3) is 2.08. The Labute approximate surface area is 99.0 Å². The molecule has 0 amide bonds. The van der Waals surface area contributed by atoms with Crippen LogP contribution in [0.15, 0.2) is 17.0 Å². The van der Waals surface area contributed by atoms with Crippen LogP contribution in [0.25, 0.3) is 0 Å². The molecular formula is C11H15N5O. The van der Waals surface area contributed by atoms with E-state index in [2.05, 4.69) is 25.0 Å². The molecule has 3 rings (SSSR count). The number of aryl methyl sites for hydroxylation is 1. The maximum atomic E-state index is 5.13. The maximum Gasteiger partial charge on any atom is 0.246 e. The zero-order valence-corrected chi connectivity index (χ0v) is 9.76. The number of hydrogen-bond acceptors (Lipinski definition) is 5. The highest BCUT2D eigenvalue weighted by Gasteiger charge is 2.20. The van der Waals surface area contributed by atoms with Crippen molar-refractivity contribution in [3.05, 3.63) is 29.9 Å². The number of rotatable bonds is 3. The molecule has 6 nitrogen and oxygen atoms in total. The van der Waals surface area contributed by atoms with Gasteiger partial charge in [-0.2, -0.15) is 4.98 Å². The lowest BCUT2D eigenvalue weighted by molar-refractivity contribution is 0.365. The van der Waals surface area contributed by atoms with E-state index in [1.54, 1.807) is 0 Å². The number of nitrogens with one attached hydrogen (secondary N) is 1. The quantitative estimate of drug-likeness (QED) is 0.858. The summed E-state index contributed by atoms with van der Waals surface area (Å²) in [7, 11) is 0. The number of hydrogen-bond donors (Lipinski definition) is 1. The van der Waals surface area contributed by atoms with E-state index < -0.39 is 0 Å². The van der Waals surface area contributed by atoms with Crippen molar-refractivity contribution in [1.82, 2.24) is 25.0 Å². The zero-order valence-electron chi connectivity index (χ0n) is 9.76. The minimum Gasteiger partial charge on any atom is -0.337 e. The summed E-state index contributed by atoms with van der Waals surface area (Å²) in [4.78, 5) is 8.41. The van der Waals surface area contributed by atoms with Gasteiger partial charge in [-0.1, -0.05) is 5.16 Å². The standard InChI is InChI=1S/C11H15N5O/c1-8-14-11(17-15-8)6-16-7-12-5-10(16)9-3-2-4-13-9/h5,7,9,13H,2-4,6H2,1H3. The summed E-state index contributed by atoms with van der Waals surface area (Å²) in [5.41, 5.74) is 1.19. The van der Waals surface area contributed by atoms with Crippen LogP contribution in [0.3, 0.4) is 0 Å². The van der Waals surface area contributed by atoms with Crippen molar-refractivity contribution in [3.8, 4) is 0 Å². The van der Waals surface area contributed by atoms with Gasteiger partial charge in [0.2, 0.25) is 5.89 Å². The highest BCUT2D eigenvalue weighted by molar-refractivity contribution is 5.08. The van der Waals surface area contributed by atoms with Crippen LogP contribution in [0.2, 0.25) is 0 Å². The fraction of sp³-hybridized carbons (Fsp3) is 0.545. The van der Waals surface area contributed by atoms with E-state index in [-0.39, 0.29) is 0 Å². The Morgan fingerprint density at radius 2 is 2.53 bits per heavy atom. The lowest BCUT2D eigenvalue weighted by Crippen LogP contribution is -2.17. The molecule has 0 aromatic carbocycles. The molecule has 1 atom stereocenters. The summed E-state index contributed by atoms with van der Waals surface area (Å²) in [5, 5.41) is 7.25. The van der Waals surface area contributed by atoms with Crippen molar-refractivity contribution >= 4 is 0 Å². The summed E-state index contributed by atoms with van der Waals surface area (Å²) < 4.78 is 7.19. The van der Waals surface area contributed by atoms with Gasteiger partial charge in [0.15, 0.2) is 5.82 Å². The van der Waals surface area contributed by atoms with Gasteiger partial charge >= 0.3 is 0 Å². The third-order valence-corrected chi connectivity index (χ3v) is 3.04. The Balaban J connectivity index is 1.81. The molecule has 0 radical (unpaired) electrons. The first-order chi connectivity index (χ1) is 8.33. The van der Waals surface area contributed by atoms with Crippen LogP contribution < -0.4 is 5.32 Å². The fourth-order valence-electron chi connectivity index (χ4n) is 2.24. The molecule has 1 aliphatic rings. The predicted octanol–water partition coefficient (Wildman–Crippen LogP) is 1.05. The van der Waals surface area contributed by atoms with Crippen molar-refractivity contribution in [1.29, 1.82) is 0 Å². The maximum absolute atomic E-state index is 5.13. The van der Waals surface area contributed by atoms with Gasteiger partial charge in [0.05, 0.1) is 12.0 Å². The van der Waals surface area contributed by atoms with E-state index in [0.717, 1.165) is 13.0 Å². The average Bonchev–Trinajstić information content (AvgIpc) is 3.00. The molecule has 90 valence electrons. The predicted molar refractivity (Wildman–Crippen MR) is 60.3 cm³/mol. The molecule has 1 unspecified atom stereocenters. The smallest absolute Gasteiger partial charge is 0.246 e. The molecule has 3 heterocycles. The SMILES string of the molecule is Cc1noc(Cn2cncc2C2CCCN2)n1. The summed E-state index contributed by atoms with van der Waals surface area (Å²) in [5.74, 6) is 1.29. The van der Waals surface area contributed by atoms with E-state index in [9.17, 15) is 0 Å². The van der Waals surface area contributed by atoms with Crippen LogP contribution in [0.1, 0.15) is 36.3 Å². The summed E-state index contributed by atoms with van der Waals surface area (Å²) in [6.07, 6.45) is 6.10. The van der Waals surface area contributed by atoms with Crippen LogP contribution in [-0.2, 0) is 6.54 Å². The van der Waals surface area contributed by atoms with Gasteiger partial charge < -0.3 is 14.4 Å². The van der Waals surface area contributed by atoms with Gasteiger partial charge in [0, 0.05) is 12.2 Å². The third-order valence-electron chi connectivity index (χ3n) is 3.04. The number of aromatic nitrogens is 4. The highest BCUT2D eigenvalue weighted by atomic mass is 16.5. The van der Waals surface area contributed by atoms with Gasteiger partial charge in [-0.3, -0.25) is 0 Å². The molecule has 1 fully saturated rings. The first kappa shape index (κ1) is 10.5. The molecule has 0 saturated carbocycles. The molecule has 17 heavy (non-hydrogen) atoms. The van der Waals surface area contributed by atoms with E-state index in [4.69, 9.17) is 4.52 Å². The largest absolute Gasteiger partial charge is 0.337 e. The summed E-state index contributed by atoms with van der Waals surface area (Å²) in [6.45, 7) is 3.49. The van der Waals surface area contributed by atoms with Gasteiger partial charge in [0.25, 0.3) is 0 Å². The Morgan fingerprint density at radius 3 is 3.24 bits per heavy atom. The molecule has 0 bridgehead atoms. The topological polar surface area (TPSA) is 68.8 Å². The molecule has 6 heteroatoms. The van der Waals surface area contributed by atoms with Crippen molar-refractivity contribution in [2.24, 2.45) is 0 Å². The Bertz CT molecular complexity index is 497. The zero-order chi connectivity index (χ0) is 11.7. The average molecular weight is 233 g/mol. The van der Waals surface area contributed by atoms with Gasteiger partial charge in [-0.05, 0) is 26.3 Å². The fourth-order valence-corrected chi connectivity index (χ4v) is 2.24. The number of nitrogens with zero attached hydrogens (tertiary/aromatic N) is 4. The van der Waals surface area contributed by atoms with E-state index >= 15 is 0 Å². The lowest BCUT2D eigenvalue weighted by atomic mass is 10.2. The van der Waals surface area contributed by atoms with Crippen molar-refractivity contribution in [3.63, 3.8) is 0 Å². The Morgan fingerprint density at radius 1 is 1.59 bits per heavy atom.